The minimum Gasteiger partial charge on any atom is -0.504 e. The molecule has 1 aliphatic carbocycles. The van der Waals surface area contributed by atoms with Crippen molar-refractivity contribution in [2.24, 2.45) is 5.41 Å². The molecule has 1 aromatic carbocycles. The Labute approximate surface area is 120 Å². The van der Waals surface area contributed by atoms with Crippen LogP contribution in [-0.4, -0.2) is 27.5 Å². The molecular weight excluding hydrogens is 254 g/mol. The predicted molar refractivity (Wildman–Crippen MR) is 78.7 cm³/mol. The monoisotopic (exact) mass is 279 g/mol. The molecule has 0 aromatic heterocycles. The molecule has 1 saturated carbocycles. The molecule has 0 bridgehead atoms. The first-order chi connectivity index (χ1) is 9.31. The van der Waals surface area contributed by atoms with E-state index in [0.29, 0.717) is 24.1 Å². The van der Waals surface area contributed by atoms with Gasteiger partial charge in [-0.2, -0.15) is 0 Å². The molecule has 20 heavy (non-hydrogen) atoms. The van der Waals surface area contributed by atoms with Crippen LogP contribution in [0.15, 0.2) is 18.2 Å². The van der Waals surface area contributed by atoms with Crippen molar-refractivity contribution < 1.29 is 15.3 Å². The molecule has 4 N–H and O–H groups in total. The van der Waals surface area contributed by atoms with E-state index in [0.717, 1.165) is 25.7 Å². The smallest absolute Gasteiger partial charge is 0.161 e. The van der Waals surface area contributed by atoms with E-state index >= 15 is 0 Å². The average Bonchev–Trinajstić information content (AvgIpc) is 2.39. The Hall–Kier alpha value is -1.26. The van der Waals surface area contributed by atoms with Gasteiger partial charge in [0, 0.05) is 18.7 Å². The maximum Gasteiger partial charge on any atom is 0.161 e. The summed E-state index contributed by atoms with van der Waals surface area (Å²) >= 11 is 0. The fourth-order valence-corrected chi connectivity index (χ4v) is 2.72. The van der Waals surface area contributed by atoms with Gasteiger partial charge in [-0.25, -0.2) is 0 Å². The molecule has 2 rings (SSSR count). The number of phenolic OH excluding ortho intramolecular Hbond substituents is 2. The lowest BCUT2D eigenvalue weighted by atomic mass is 9.71. The zero-order valence-electron chi connectivity index (χ0n) is 12.3. The molecular formula is C16H25NO3. The summed E-state index contributed by atoms with van der Waals surface area (Å²) < 4.78 is 0. The Kier molecular flexibility index (Phi) is 4.25. The Morgan fingerprint density at radius 2 is 1.75 bits per heavy atom. The summed E-state index contributed by atoms with van der Waals surface area (Å²) in [6.45, 7) is 5.43. The van der Waals surface area contributed by atoms with Crippen molar-refractivity contribution in [2.45, 2.75) is 51.7 Å². The van der Waals surface area contributed by atoms with Crippen LogP contribution in [0.2, 0.25) is 0 Å². The highest BCUT2D eigenvalue weighted by molar-refractivity contribution is 5.44. The van der Waals surface area contributed by atoms with Gasteiger partial charge in [0.05, 0.1) is 5.60 Å². The third-order valence-electron chi connectivity index (χ3n) is 4.40. The van der Waals surface area contributed by atoms with E-state index in [1.807, 2.05) is 0 Å². The van der Waals surface area contributed by atoms with Gasteiger partial charge in [-0.3, -0.25) is 0 Å². The number of nitrogens with one attached hydrogen (secondary N) is 1. The second kappa shape index (κ2) is 5.62. The van der Waals surface area contributed by atoms with E-state index in [1.165, 1.54) is 6.07 Å². The van der Waals surface area contributed by atoms with Gasteiger partial charge in [-0.1, -0.05) is 26.0 Å². The zero-order chi connectivity index (χ0) is 14.8. The van der Waals surface area contributed by atoms with Crippen LogP contribution in [0, 0.1) is 5.41 Å². The normalized spacial score (nSPS) is 20.8. The highest BCUT2D eigenvalue weighted by atomic mass is 16.3. The Bertz CT molecular complexity index is 461. The van der Waals surface area contributed by atoms with Crippen molar-refractivity contribution in [1.29, 1.82) is 0 Å². The lowest BCUT2D eigenvalue weighted by Crippen LogP contribution is -2.44. The van der Waals surface area contributed by atoms with Crippen LogP contribution in [0.5, 0.6) is 11.5 Å². The van der Waals surface area contributed by atoms with Gasteiger partial charge in [-0.15, -0.1) is 0 Å². The largest absolute Gasteiger partial charge is 0.504 e. The standard InChI is InChI=1S/C16H25NO3/c1-15(2)6-8-16(20,9-7-15)11-17-10-12-4-3-5-13(18)14(12)19/h3-5,17-20H,6-11H2,1-2H3. The van der Waals surface area contributed by atoms with Gasteiger partial charge in [0.15, 0.2) is 11.5 Å². The van der Waals surface area contributed by atoms with Crippen molar-refractivity contribution in [3.05, 3.63) is 23.8 Å². The highest BCUT2D eigenvalue weighted by Crippen LogP contribution is 2.39. The van der Waals surface area contributed by atoms with E-state index in [2.05, 4.69) is 19.2 Å². The molecule has 0 heterocycles. The van der Waals surface area contributed by atoms with Gasteiger partial charge < -0.3 is 20.6 Å². The van der Waals surface area contributed by atoms with E-state index in [-0.39, 0.29) is 11.5 Å². The van der Waals surface area contributed by atoms with Crippen molar-refractivity contribution >= 4 is 0 Å². The molecule has 112 valence electrons. The van der Waals surface area contributed by atoms with Gasteiger partial charge in [0.1, 0.15) is 0 Å². The Morgan fingerprint density at radius 1 is 1.10 bits per heavy atom. The van der Waals surface area contributed by atoms with E-state index in [1.54, 1.807) is 12.1 Å². The average molecular weight is 279 g/mol. The molecule has 0 aliphatic heterocycles. The van der Waals surface area contributed by atoms with Crippen LogP contribution in [0.1, 0.15) is 45.1 Å². The summed E-state index contributed by atoms with van der Waals surface area (Å²) in [5.41, 5.74) is 0.322. The molecule has 0 spiro atoms. The van der Waals surface area contributed by atoms with Gasteiger partial charge in [0.25, 0.3) is 0 Å². The number of aromatic hydroxyl groups is 2. The van der Waals surface area contributed by atoms with Gasteiger partial charge >= 0.3 is 0 Å². The number of benzene rings is 1. The van der Waals surface area contributed by atoms with Gasteiger partial charge in [-0.05, 0) is 37.2 Å². The first-order valence-electron chi connectivity index (χ1n) is 7.24. The molecule has 0 unspecified atom stereocenters. The second-order valence-corrected chi connectivity index (χ2v) is 6.78. The van der Waals surface area contributed by atoms with Crippen LogP contribution in [0.4, 0.5) is 0 Å². The molecule has 4 nitrogen and oxygen atoms in total. The topological polar surface area (TPSA) is 72.7 Å². The molecule has 1 fully saturated rings. The lowest BCUT2D eigenvalue weighted by molar-refractivity contribution is -0.0245. The van der Waals surface area contributed by atoms with Crippen molar-refractivity contribution in [3.63, 3.8) is 0 Å². The fourth-order valence-electron chi connectivity index (χ4n) is 2.72. The van der Waals surface area contributed by atoms with Crippen molar-refractivity contribution in [1.82, 2.24) is 5.32 Å². The number of aliphatic hydroxyl groups is 1. The van der Waals surface area contributed by atoms with E-state index in [4.69, 9.17) is 0 Å². The Balaban J connectivity index is 1.85. The molecule has 0 radical (unpaired) electrons. The number of para-hydroxylation sites is 1. The zero-order valence-corrected chi connectivity index (χ0v) is 12.3. The summed E-state index contributed by atoms with van der Waals surface area (Å²) in [6, 6.07) is 4.91. The fraction of sp³-hybridized carbons (Fsp3) is 0.625. The quantitative estimate of drug-likeness (QED) is 0.639. The van der Waals surface area contributed by atoms with Crippen LogP contribution >= 0.6 is 0 Å². The predicted octanol–water partition coefficient (Wildman–Crippen LogP) is 2.52. The Morgan fingerprint density at radius 3 is 2.40 bits per heavy atom. The summed E-state index contributed by atoms with van der Waals surface area (Å²) in [7, 11) is 0. The van der Waals surface area contributed by atoms with E-state index in [9.17, 15) is 15.3 Å². The van der Waals surface area contributed by atoms with Crippen LogP contribution in [0.25, 0.3) is 0 Å². The summed E-state index contributed by atoms with van der Waals surface area (Å²) in [6.07, 6.45) is 3.67. The molecule has 0 atom stereocenters. The first-order valence-corrected chi connectivity index (χ1v) is 7.24. The van der Waals surface area contributed by atoms with Gasteiger partial charge in [0.2, 0.25) is 0 Å². The highest BCUT2D eigenvalue weighted by Gasteiger charge is 2.36. The maximum atomic E-state index is 10.5. The lowest BCUT2D eigenvalue weighted by Gasteiger charge is -2.40. The summed E-state index contributed by atoms with van der Waals surface area (Å²) in [4.78, 5) is 0. The van der Waals surface area contributed by atoms with Crippen LogP contribution in [-0.2, 0) is 6.54 Å². The van der Waals surface area contributed by atoms with Crippen molar-refractivity contribution in [3.8, 4) is 11.5 Å². The summed E-state index contributed by atoms with van der Waals surface area (Å²) in [5, 5.41) is 32.9. The van der Waals surface area contributed by atoms with Crippen LogP contribution < -0.4 is 5.32 Å². The second-order valence-electron chi connectivity index (χ2n) is 6.78. The SMILES string of the molecule is CC1(C)CCC(O)(CNCc2cccc(O)c2O)CC1. The third kappa shape index (κ3) is 3.64. The number of rotatable bonds is 4. The molecule has 1 aliphatic rings. The van der Waals surface area contributed by atoms with E-state index < -0.39 is 5.60 Å². The number of hydrogen-bond donors (Lipinski definition) is 4. The number of phenols is 2. The molecule has 1 aromatic rings. The summed E-state index contributed by atoms with van der Waals surface area (Å²) in [5.74, 6) is -0.195. The third-order valence-corrected chi connectivity index (χ3v) is 4.40. The maximum absolute atomic E-state index is 10.5. The van der Waals surface area contributed by atoms with Crippen molar-refractivity contribution in [2.75, 3.05) is 6.54 Å². The first kappa shape index (κ1) is 15.1. The molecule has 4 heteroatoms. The number of hydrogen-bond acceptors (Lipinski definition) is 4. The molecule has 0 saturated heterocycles. The molecule has 0 amide bonds. The minimum atomic E-state index is -0.651. The minimum absolute atomic E-state index is 0.0863. The van der Waals surface area contributed by atoms with Crippen LogP contribution in [0.3, 0.4) is 0 Å².